The fourth-order valence-electron chi connectivity index (χ4n) is 9.62. The maximum absolute atomic E-state index is 5.32. The molecule has 55 heavy (non-hydrogen) atoms. The number of benzene rings is 9. The molecule has 0 saturated heterocycles. The highest BCUT2D eigenvalue weighted by atomic mass is 15.0. The molecule has 12 rings (SSSR count). The summed E-state index contributed by atoms with van der Waals surface area (Å²) in [7, 11) is 0. The van der Waals surface area contributed by atoms with Gasteiger partial charge in [0.25, 0.3) is 0 Å². The Labute approximate surface area is 317 Å². The lowest BCUT2D eigenvalue weighted by molar-refractivity contribution is 0.660. The topological polar surface area (TPSA) is 38.7 Å². The molecule has 0 N–H and O–H groups in total. The fraction of sp³-hybridized carbons (Fsp3) is 0.0577. The maximum atomic E-state index is 5.32. The predicted molar refractivity (Wildman–Crippen MR) is 230 cm³/mol. The second-order valence-corrected chi connectivity index (χ2v) is 15.6. The van der Waals surface area contributed by atoms with Gasteiger partial charge in [-0.3, -0.25) is 0 Å². The lowest BCUT2D eigenvalue weighted by atomic mass is 9.82. The van der Waals surface area contributed by atoms with Crippen molar-refractivity contribution in [2.45, 2.75) is 19.3 Å². The zero-order valence-corrected chi connectivity index (χ0v) is 30.4. The van der Waals surface area contributed by atoms with E-state index in [1.807, 2.05) is 18.2 Å². The van der Waals surface area contributed by atoms with Crippen molar-refractivity contribution in [2.24, 2.45) is 0 Å². The van der Waals surface area contributed by atoms with Crippen LogP contribution in [0.4, 0.5) is 0 Å². The van der Waals surface area contributed by atoms with Crippen LogP contribution in [0.25, 0.3) is 110 Å². The number of rotatable bonds is 3. The summed E-state index contributed by atoms with van der Waals surface area (Å²) < 4.78 is 0. The molecule has 1 heterocycles. The molecule has 0 atom stereocenters. The average molecular weight is 700 g/mol. The molecule has 1 aromatic heterocycles. The van der Waals surface area contributed by atoms with Crippen LogP contribution in [0.15, 0.2) is 164 Å². The number of nitrogens with zero attached hydrogens (tertiary/aromatic N) is 3. The van der Waals surface area contributed by atoms with Gasteiger partial charge in [-0.1, -0.05) is 159 Å². The van der Waals surface area contributed by atoms with E-state index in [1.165, 1.54) is 81.5 Å². The van der Waals surface area contributed by atoms with Gasteiger partial charge in [0.05, 0.1) is 0 Å². The van der Waals surface area contributed by atoms with Gasteiger partial charge in [0.1, 0.15) is 0 Å². The average Bonchev–Trinajstić information content (AvgIpc) is 3.47. The van der Waals surface area contributed by atoms with Crippen molar-refractivity contribution in [1.29, 1.82) is 0 Å². The van der Waals surface area contributed by atoms with E-state index in [0.717, 1.165) is 22.1 Å². The molecule has 3 nitrogen and oxygen atoms in total. The SMILES string of the molecule is CC1(C)c2ccccc2-c2cc(-c3nc(-c4ccccc4)nc(-c4cc5ccc6cccc7c8cccc9ccc%10cccc(c(c4)c5c67)c%10c98)n3)ccc21. The zero-order chi connectivity index (χ0) is 36.4. The highest BCUT2D eigenvalue weighted by molar-refractivity contribution is 6.37. The molecular weight excluding hydrogens is 667 g/mol. The molecular formula is C52H33N3. The van der Waals surface area contributed by atoms with Crippen LogP contribution in [0.3, 0.4) is 0 Å². The minimum Gasteiger partial charge on any atom is -0.208 e. The Morgan fingerprint density at radius 2 is 0.836 bits per heavy atom. The maximum Gasteiger partial charge on any atom is 0.164 e. The molecule has 0 radical (unpaired) electrons. The predicted octanol–water partition coefficient (Wildman–Crippen LogP) is 13.5. The Balaban J connectivity index is 1.18. The summed E-state index contributed by atoms with van der Waals surface area (Å²) >= 11 is 0. The van der Waals surface area contributed by atoms with Crippen LogP contribution in [0, 0.1) is 0 Å². The summed E-state index contributed by atoms with van der Waals surface area (Å²) in [6, 6.07) is 59.6. The first-order valence-corrected chi connectivity index (χ1v) is 19.0. The molecule has 0 bridgehead atoms. The summed E-state index contributed by atoms with van der Waals surface area (Å²) in [5.41, 5.74) is 8.02. The zero-order valence-electron chi connectivity index (χ0n) is 30.4. The van der Waals surface area contributed by atoms with Crippen LogP contribution < -0.4 is 0 Å². The lowest BCUT2D eigenvalue weighted by Crippen LogP contribution is -2.14. The van der Waals surface area contributed by atoms with Crippen molar-refractivity contribution in [3.05, 3.63) is 175 Å². The third kappa shape index (κ3) is 4.29. The minimum atomic E-state index is -0.0777. The Kier molecular flexibility index (Phi) is 6.12. The van der Waals surface area contributed by atoms with Gasteiger partial charge in [-0.2, -0.15) is 0 Å². The second kappa shape index (κ2) is 11.0. The summed E-state index contributed by atoms with van der Waals surface area (Å²) in [4.78, 5) is 15.7. The summed E-state index contributed by atoms with van der Waals surface area (Å²) in [6.45, 7) is 4.63. The van der Waals surface area contributed by atoms with Crippen molar-refractivity contribution in [3.63, 3.8) is 0 Å². The third-order valence-electron chi connectivity index (χ3n) is 12.2. The molecule has 10 aromatic carbocycles. The third-order valence-corrected chi connectivity index (χ3v) is 12.2. The van der Waals surface area contributed by atoms with Gasteiger partial charge < -0.3 is 0 Å². The fourth-order valence-corrected chi connectivity index (χ4v) is 9.62. The van der Waals surface area contributed by atoms with E-state index in [9.17, 15) is 0 Å². The van der Waals surface area contributed by atoms with Crippen molar-refractivity contribution in [3.8, 4) is 45.3 Å². The van der Waals surface area contributed by atoms with Crippen molar-refractivity contribution in [2.75, 3.05) is 0 Å². The Bertz CT molecular complexity index is 3390. The highest BCUT2D eigenvalue weighted by Gasteiger charge is 2.35. The van der Waals surface area contributed by atoms with Gasteiger partial charge >= 0.3 is 0 Å². The Hall–Kier alpha value is -6.97. The smallest absolute Gasteiger partial charge is 0.164 e. The molecule has 256 valence electrons. The van der Waals surface area contributed by atoms with Crippen LogP contribution >= 0.6 is 0 Å². The molecule has 3 heteroatoms. The molecule has 0 amide bonds. The lowest BCUT2D eigenvalue weighted by Gasteiger charge is -2.21. The van der Waals surface area contributed by atoms with Gasteiger partial charge in [-0.25, -0.2) is 15.0 Å². The van der Waals surface area contributed by atoms with E-state index in [4.69, 9.17) is 15.0 Å². The van der Waals surface area contributed by atoms with Crippen LogP contribution in [0.5, 0.6) is 0 Å². The van der Waals surface area contributed by atoms with Gasteiger partial charge in [-0.15, -0.1) is 0 Å². The van der Waals surface area contributed by atoms with E-state index in [1.54, 1.807) is 0 Å². The molecule has 1 aliphatic rings. The van der Waals surface area contributed by atoms with Gasteiger partial charge in [-0.05, 0) is 105 Å². The van der Waals surface area contributed by atoms with E-state index in [2.05, 4.69) is 159 Å². The van der Waals surface area contributed by atoms with Gasteiger partial charge in [0, 0.05) is 22.1 Å². The first-order chi connectivity index (χ1) is 27.0. The molecule has 0 unspecified atom stereocenters. The Morgan fingerprint density at radius 3 is 1.49 bits per heavy atom. The van der Waals surface area contributed by atoms with Crippen LogP contribution in [0.1, 0.15) is 25.0 Å². The second-order valence-electron chi connectivity index (χ2n) is 15.6. The number of hydrogen-bond donors (Lipinski definition) is 0. The van der Waals surface area contributed by atoms with Crippen LogP contribution in [-0.4, -0.2) is 15.0 Å². The monoisotopic (exact) mass is 699 g/mol. The summed E-state index contributed by atoms with van der Waals surface area (Å²) in [5.74, 6) is 1.98. The minimum absolute atomic E-state index is 0.0777. The molecule has 0 saturated carbocycles. The van der Waals surface area contributed by atoms with E-state index >= 15 is 0 Å². The molecule has 0 fully saturated rings. The molecule has 0 aliphatic heterocycles. The summed E-state index contributed by atoms with van der Waals surface area (Å²) in [5, 5.41) is 15.0. The quantitative estimate of drug-likeness (QED) is 0.172. The Morgan fingerprint density at radius 1 is 0.327 bits per heavy atom. The largest absolute Gasteiger partial charge is 0.208 e. The van der Waals surface area contributed by atoms with E-state index in [-0.39, 0.29) is 5.41 Å². The first kappa shape index (κ1) is 30.5. The van der Waals surface area contributed by atoms with Gasteiger partial charge in [0.15, 0.2) is 17.5 Å². The van der Waals surface area contributed by atoms with Crippen molar-refractivity contribution >= 4 is 64.6 Å². The van der Waals surface area contributed by atoms with Gasteiger partial charge in [0.2, 0.25) is 0 Å². The normalized spacial score (nSPS) is 13.4. The number of fused-ring (bicyclic) bond motifs is 5. The summed E-state index contributed by atoms with van der Waals surface area (Å²) in [6.07, 6.45) is 0. The number of hydrogen-bond acceptors (Lipinski definition) is 3. The van der Waals surface area contributed by atoms with Crippen molar-refractivity contribution in [1.82, 2.24) is 15.0 Å². The van der Waals surface area contributed by atoms with Crippen LogP contribution in [0.2, 0.25) is 0 Å². The first-order valence-electron chi connectivity index (χ1n) is 19.0. The molecule has 11 aromatic rings. The molecule has 1 aliphatic carbocycles. The van der Waals surface area contributed by atoms with Crippen molar-refractivity contribution < 1.29 is 0 Å². The standard InChI is InChI=1S/C52H33N3/c1-52(2)43-20-7-6-16-37(43)41-28-35(25-26-44(41)52)50-53-49(33-11-4-3-5-12-33)54-51(55-50)36-27-34-24-23-32-14-9-18-39-38-17-8-13-30-21-22-31-15-10-19-40(47(31)45(30)38)42(29-36)48(34)46(32)39/h3-29H,1-2H3. The number of aromatic nitrogens is 3. The highest BCUT2D eigenvalue weighted by Crippen LogP contribution is 2.50. The van der Waals surface area contributed by atoms with E-state index in [0.29, 0.717) is 17.5 Å². The molecule has 0 spiro atoms. The van der Waals surface area contributed by atoms with Crippen LogP contribution in [-0.2, 0) is 5.41 Å². The van der Waals surface area contributed by atoms with E-state index < -0.39 is 0 Å².